The molecule has 0 atom stereocenters. The number of amides is 2. The molecular weight excluding hydrogens is 336 g/mol. The predicted octanol–water partition coefficient (Wildman–Crippen LogP) is 3.01. The molecule has 0 unspecified atom stereocenters. The van der Waals surface area contributed by atoms with Crippen molar-refractivity contribution in [2.24, 2.45) is 0 Å². The molecule has 0 spiro atoms. The molecule has 132 valence electrons. The number of carbonyl (C=O) groups is 2. The van der Waals surface area contributed by atoms with Crippen LogP contribution < -0.4 is 15.6 Å². The number of carbonyl (C=O) groups excluding carboxylic acids is 2. The number of hydrogen-bond donors (Lipinski definition) is 2. The van der Waals surface area contributed by atoms with Crippen LogP contribution in [0.1, 0.15) is 27.0 Å². The molecule has 0 bridgehead atoms. The highest BCUT2D eigenvalue weighted by atomic mass is 32.2. The fourth-order valence-corrected chi connectivity index (χ4v) is 2.69. The van der Waals surface area contributed by atoms with E-state index in [1.165, 1.54) is 0 Å². The minimum atomic E-state index is -0.423. The van der Waals surface area contributed by atoms with Gasteiger partial charge in [0.1, 0.15) is 5.75 Å². The van der Waals surface area contributed by atoms with Gasteiger partial charge in [-0.25, -0.2) is 0 Å². The summed E-state index contributed by atoms with van der Waals surface area (Å²) in [5.41, 5.74) is 8.39. The molecule has 0 saturated heterocycles. The molecular formula is C19H22N2O3S. The number of hydrogen-bond acceptors (Lipinski definition) is 4. The van der Waals surface area contributed by atoms with Gasteiger partial charge in [-0.3, -0.25) is 20.4 Å². The number of rotatable bonds is 6. The van der Waals surface area contributed by atoms with Gasteiger partial charge < -0.3 is 4.74 Å². The molecule has 0 fully saturated rings. The fourth-order valence-electron chi connectivity index (χ4n) is 2.16. The molecule has 6 heteroatoms. The van der Waals surface area contributed by atoms with E-state index in [4.69, 9.17) is 4.74 Å². The second kappa shape index (κ2) is 9.13. The summed E-state index contributed by atoms with van der Waals surface area (Å²) >= 11 is 1.72. The Hall–Kier alpha value is -2.47. The van der Waals surface area contributed by atoms with Crippen molar-refractivity contribution in [3.05, 3.63) is 64.7 Å². The third-order valence-corrected chi connectivity index (χ3v) is 4.17. The van der Waals surface area contributed by atoms with Crippen molar-refractivity contribution in [2.75, 3.05) is 12.9 Å². The normalized spacial score (nSPS) is 10.2. The van der Waals surface area contributed by atoms with Crippen LogP contribution in [0.25, 0.3) is 0 Å². The summed E-state index contributed by atoms with van der Waals surface area (Å²) in [6, 6.07) is 13.1. The summed E-state index contributed by atoms with van der Waals surface area (Å²) in [6.45, 7) is 3.70. The zero-order valence-electron chi connectivity index (χ0n) is 14.6. The third-order valence-electron chi connectivity index (χ3n) is 3.54. The van der Waals surface area contributed by atoms with E-state index in [2.05, 4.69) is 10.9 Å². The lowest BCUT2D eigenvalue weighted by molar-refractivity contribution is -0.123. The van der Waals surface area contributed by atoms with Crippen LogP contribution in [0.4, 0.5) is 0 Å². The molecule has 2 N–H and O–H groups in total. The second-order valence-corrected chi connectivity index (χ2v) is 6.56. The van der Waals surface area contributed by atoms with E-state index in [-0.39, 0.29) is 12.5 Å². The van der Waals surface area contributed by atoms with Gasteiger partial charge in [0, 0.05) is 11.3 Å². The topological polar surface area (TPSA) is 67.4 Å². The zero-order valence-corrected chi connectivity index (χ0v) is 15.4. The summed E-state index contributed by atoms with van der Waals surface area (Å²) < 4.78 is 5.49. The Balaban J connectivity index is 1.81. The van der Waals surface area contributed by atoms with Crippen LogP contribution in [0, 0.1) is 13.8 Å². The number of thioether (sulfide) groups is 1. The maximum absolute atomic E-state index is 12.0. The van der Waals surface area contributed by atoms with E-state index in [1.54, 1.807) is 23.9 Å². The Bertz CT molecular complexity index is 745. The SMILES string of the molecule is CSCc1ccc(C(=O)NNC(=O)COc2cc(C)ccc2C)cc1. The van der Waals surface area contributed by atoms with Crippen molar-refractivity contribution >= 4 is 23.6 Å². The standard InChI is InChI=1S/C19H22N2O3S/c1-13-4-5-14(2)17(10-13)24-11-18(22)20-21-19(23)16-8-6-15(7-9-16)12-25-3/h4-10H,11-12H2,1-3H3,(H,20,22)(H,21,23). The van der Waals surface area contributed by atoms with Crippen molar-refractivity contribution in [2.45, 2.75) is 19.6 Å². The molecule has 0 aliphatic carbocycles. The van der Waals surface area contributed by atoms with E-state index < -0.39 is 5.91 Å². The van der Waals surface area contributed by atoms with Gasteiger partial charge >= 0.3 is 0 Å². The molecule has 5 nitrogen and oxygen atoms in total. The molecule has 0 aliphatic rings. The van der Waals surface area contributed by atoms with Crippen molar-refractivity contribution in [3.8, 4) is 5.75 Å². The smallest absolute Gasteiger partial charge is 0.276 e. The second-order valence-electron chi connectivity index (χ2n) is 5.69. The third kappa shape index (κ3) is 5.83. The highest BCUT2D eigenvalue weighted by molar-refractivity contribution is 7.97. The average Bonchev–Trinajstić information content (AvgIpc) is 2.61. The maximum Gasteiger partial charge on any atom is 0.276 e. The Morgan fingerprint density at radius 3 is 2.44 bits per heavy atom. The van der Waals surface area contributed by atoms with E-state index in [0.29, 0.717) is 11.3 Å². The minimum Gasteiger partial charge on any atom is -0.483 e. The van der Waals surface area contributed by atoms with Gasteiger partial charge in [0.2, 0.25) is 0 Å². The summed E-state index contributed by atoms with van der Waals surface area (Å²) in [5.74, 6) is 0.767. The minimum absolute atomic E-state index is 0.169. The van der Waals surface area contributed by atoms with Gasteiger partial charge in [0.05, 0.1) is 0 Å². The number of aryl methyl sites for hydroxylation is 2. The van der Waals surface area contributed by atoms with Crippen LogP contribution in [0.5, 0.6) is 5.75 Å². The lowest BCUT2D eigenvalue weighted by Crippen LogP contribution is -2.43. The van der Waals surface area contributed by atoms with Gasteiger partial charge in [0.15, 0.2) is 6.61 Å². The Kier molecular flexibility index (Phi) is 6.89. The molecule has 0 radical (unpaired) electrons. The first-order valence-corrected chi connectivity index (χ1v) is 9.26. The quantitative estimate of drug-likeness (QED) is 0.779. The first-order chi connectivity index (χ1) is 12.0. The number of nitrogens with one attached hydrogen (secondary N) is 2. The molecule has 2 rings (SSSR count). The first kappa shape index (κ1) is 18.9. The molecule has 2 aromatic rings. The number of hydrazine groups is 1. The largest absolute Gasteiger partial charge is 0.483 e. The van der Waals surface area contributed by atoms with Gasteiger partial charge in [0.25, 0.3) is 11.8 Å². The van der Waals surface area contributed by atoms with Crippen molar-refractivity contribution in [1.29, 1.82) is 0 Å². The van der Waals surface area contributed by atoms with E-state index in [9.17, 15) is 9.59 Å². The lowest BCUT2D eigenvalue weighted by atomic mass is 10.1. The molecule has 0 aromatic heterocycles. The summed E-state index contributed by atoms with van der Waals surface area (Å²) in [7, 11) is 0. The van der Waals surface area contributed by atoms with Crippen LogP contribution in [-0.4, -0.2) is 24.7 Å². The predicted molar refractivity (Wildman–Crippen MR) is 101 cm³/mol. The average molecular weight is 358 g/mol. The molecule has 0 aliphatic heterocycles. The maximum atomic E-state index is 12.0. The van der Waals surface area contributed by atoms with Gasteiger partial charge in [-0.15, -0.1) is 0 Å². The van der Waals surface area contributed by atoms with Crippen LogP contribution in [0.3, 0.4) is 0 Å². The monoisotopic (exact) mass is 358 g/mol. The zero-order chi connectivity index (χ0) is 18.2. The first-order valence-electron chi connectivity index (χ1n) is 7.86. The van der Waals surface area contributed by atoms with Crippen molar-refractivity contribution in [3.63, 3.8) is 0 Å². The van der Waals surface area contributed by atoms with Crippen LogP contribution >= 0.6 is 11.8 Å². The highest BCUT2D eigenvalue weighted by Crippen LogP contribution is 2.18. The van der Waals surface area contributed by atoms with Crippen LogP contribution in [0.2, 0.25) is 0 Å². The van der Waals surface area contributed by atoms with Crippen molar-refractivity contribution < 1.29 is 14.3 Å². The lowest BCUT2D eigenvalue weighted by Gasteiger charge is -2.11. The number of benzene rings is 2. The molecule has 25 heavy (non-hydrogen) atoms. The van der Waals surface area contributed by atoms with Crippen LogP contribution in [-0.2, 0) is 10.5 Å². The van der Waals surface area contributed by atoms with Gasteiger partial charge in [-0.2, -0.15) is 11.8 Å². The molecule has 2 aromatic carbocycles. The molecule has 0 heterocycles. The summed E-state index contributed by atoms with van der Waals surface area (Å²) in [5, 5.41) is 0. The number of ether oxygens (including phenoxy) is 1. The Labute approximate surface area is 152 Å². The van der Waals surface area contributed by atoms with Crippen LogP contribution in [0.15, 0.2) is 42.5 Å². The van der Waals surface area contributed by atoms with Crippen molar-refractivity contribution in [1.82, 2.24) is 10.9 Å². The van der Waals surface area contributed by atoms with Gasteiger partial charge in [-0.1, -0.05) is 24.3 Å². The van der Waals surface area contributed by atoms with Gasteiger partial charge in [-0.05, 0) is 55.0 Å². The Morgan fingerprint density at radius 1 is 1.04 bits per heavy atom. The summed E-state index contributed by atoms with van der Waals surface area (Å²) in [4.78, 5) is 23.9. The Morgan fingerprint density at radius 2 is 1.76 bits per heavy atom. The van der Waals surface area contributed by atoms with E-state index in [1.807, 2.05) is 50.4 Å². The molecule has 0 saturated carbocycles. The van der Waals surface area contributed by atoms with E-state index in [0.717, 1.165) is 22.4 Å². The fraction of sp³-hybridized carbons (Fsp3) is 0.263. The van der Waals surface area contributed by atoms with E-state index >= 15 is 0 Å². The highest BCUT2D eigenvalue weighted by Gasteiger charge is 2.09. The summed E-state index contributed by atoms with van der Waals surface area (Å²) in [6.07, 6.45) is 2.02. The molecule has 2 amide bonds.